The third-order valence-corrected chi connectivity index (χ3v) is 1.58. The Bertz CT molecular complexity index is 185. The van der Waals surface area contributed by atoms with Crippen molar-refractivity contribution in [3.8, 4) is 0 Å². The zero-order valence-electron chi connectivity index (χ0n) is 9.23. The molecule has 84 valence electrons. The first kappa shape index (κ1) is 13.5. The lowest BCUT2D eigenvalue weighted by molar-refractivity contribution is 0.000261. The van der Waals surface area contributed by atoms with Gasteiger partial charge in [0.2, 0.25) is 0 Å². The van der Waals surface area contributed by atoms with Gasteiger partial charge in [-0.05, 0) is 27.0 Å². The van der Waals surface area contributed by atoms with E-state index in [-0.39, 0.29) is 12.2 Å². The highest BCUT2D eigenvalue weighted by Gasteiger charge is 2.17. The van der Waals surface area contributed by atoms with Crippen molar-refractivity contribution in [2.75, 3.05) is 20.2 Å². The number of hydrogen-bond donors (Lipinski definition) is 1. The molecule has 0 radical (unpaired) electrons. The molecule has 0 aliphatic heterocycles. The summed E-state index contributed by atoms with van der Waals surface area (Å²) in [6.07, 6.45) is 2.19. The van der Waals surface area contributed by atoms with Crippen molar-refractivity contribution in [3.05, 3.63) is 12.2 Å². The number of nitrogens with one attached hydrogen (secondary N) is 1. The maximum Gasteiger partial charge on any atom is 0.263 e. The second-order valence-corrected chi connectivity index (χ2v) is 3.96. The van der Waals surface area contributed by atoms with Crippen molar-refractivity contribution in [1.29, 1.82) is 0 Å². The Kier molecular flexibility index (Phi) is 5.23. The van der Waals surface area contributed by atoms with Crippen LogP contribution in [0.5, 0.6) is 0 Å². The monoisotopic (exact) mass is 207 g/mol. The Morgan fingerprint density at radius 1 is 1.29 bits per heavy atom. The number of halogens is 2. The van der Waals surface area contributed by atoms with Crippen LogP contribution in [0, 0.1) is 0 Å². The molecule has 4 heteroatoms. The molecule has 0 unspecified atom stereocenters. The van der Waals surface area contributed by atoms with E-state index in [1.165, 1.54) is 6.08 Å². The topological polar surface area (TPSA) is 21.3 Å². The van der Waals surface area contributed by atoms with E-state index in [0.717, 1.165) is 13.0 Å². The summed E-state index contributed by atoms with van der Waals surface area (Å²) in [4.78, 5) is 0. The molecule has 0 aliphatic carbocycles. The van der Waals surface area contributed by atoms with Crippen LogP contribution < -0.4 is 5.32 Å². The SMILES string of the molecule is CNCC(C)(C)OC/C=C/C(C)(F)F. The second-order valence-electron chi connectivity index (χ2n) is 3.96. The minimum Gasteiger partial charge on any atom is -0.370 e. The minimum atomic E-state index is -2.75. The van der Waals surface area contributed by atoms with Crippen molar-refractivity contribution in [3.63, 3.8) is 0 Å². The summed E-state index contributed by atoms with van der Waals surface area (Å²) in [5, 5.41) is 2.97. The van der Waals surface area contributed by atoms with Crippen LogP contribution in [0.4, 0.5) is 8.78 Å². The van der Waals surface area contributed by atoms with Crippen LogP contribution in [-0.4, -0.2) is 31.7 Å². The number of rotatable bonds is 6. The molecule has 0 spiro atoms. The molecule has 0 heterocycles. The number of ether oxygens (including phenoxy) is 1. The van der Waals surface area contributed by atoms with Gasteiger partial charge in [-0.25, -0.2) is 8.78 Å². The molecule has 1 N–H and O–H groups in total. The summed E-state index contributed by atoms with van der Waals surface area (Å²) in [6.45, 7) is 5.55. The lowest BCUT2D eigenvalue weighted by Gasteiger charge is -2.24. The van der Waals surface area contributed by atoms with Gasteiger partial charge in [-0.15, -0.1) is 0 Å². The van der Waals surface area contributed by atoms with E-state index in [1.807, 2.05) is 20.9 Å². The predicted molar refractivity (Wildman–Crippen MR) is 53.7 cm³/mol. The van der Waals surface area contributed by atoms with Crippen LogP contribution in [0.15, 0.2) is 12.2 Å². The lowest BCUT2D eigenvalue weighted by Crippen LogP contribution is -2.36. The van der Waals surface area contributed by atoms with Crippen molar-refractivity contribution in [2.45, 2.75) is 32.3 Å². The molecule has 2 nitrogen and oxygen atoms in total. The van der Waals surface area contributed by atoms with E-state index in [0.29, 0.717) is 6.54 Å². The normalized spacial score (nSPS) is 13.9. The lowest BCUT2D eigenvalue weighted by atomic mass is 10.1. The van der Waals surface area contributed by atoms with Crippen molar-refractivity contribution in [2.24, 2.45) is 0 Å². The fourth-order valence-electron chi connectivity index (χ4n) is 1.01. The van der Waals surface area contributed by atoms with Gasteiger partial charge in [0.25, 0.3) is 5.92 Å². The summed E-state index contributed by atoms with van der Waals surface area (Å²) in [5.74, 6) is -2.75. The molecule has 0 atom stereocenters. The van der Waals surface area contributed by atoms with E-state index < -0.39 is 5.92 Å². The molecule has 0 saturated heterocycles. The van der Waals surface area contributed by atoms with E-state index in [1.54, 1.807) is 0 Å². The first-order valence-corrected chi connectivity index (χ1v) is 4.61. The maximum absolute atomic E-state index is 12.3. The van der Waals surface area contributed by atoms with Gasteiger partial charge < -0.3 is 10.1 Å². The van der Waals surface area contributed by atoms with Gasteiger partial charge in [-0.3, -0.25) is 0 Å². The second kappa shape index (κ2) is 5.41. The van der Waals surface area contributed by atoms with E-state index in [2.05, 4.69) is 5.32 Å². The first-order chi connectivity index (χ1) is 6.27. The molecule has 0 saturated carbocycles. The third-order valence-electron chi connectivity index (χ3n) is 1.58. The quantitative estimate of drug-likeness (QED) is 0.674. The molecule has 0 rings (SSSR count). The Morgan fingerprint density at radius 3 is 2.29 bits per heavy atom. The Balaban J connectivity index is 3.79. The number of hydrogen-bond acceptors (Lipinski definition) is 2. The summed E-state index contributed by atoms with van der Waals surface area (Å²) in [7, 11) is 1.82. The average Bonchev–Trinajstić information content (AvgIpc) is 1.96. The first-order valence-electron chi connectivity index (χ1n) is 4.61. The fourth-order valence-corrected chi connectivity index (χ4v) is 1.01. The van der Waals surface area contributed by atoms with Gasteiger partial charge in [0, 0.05) is 13.5 Å². The molecule has 0 amide bonds. The number of alkyl halides is 2. The van der Waals surface area contributed by atoms with Crippen LogP contribution in [0.3, 0.4) is 0 Å². The van der Waals surface area contributed by atoms with Crippen LogP contribution >= 0.6 is 0 Å². The van der Waals surface area contributed by atoms with Gasteiger partial charge in [-0.1, -0.05) is 6.08 Å². The molecular formula is C10H19F2NO. The molecule has 0 aromatic heterocycles. The van der Waals surface area contributed by atoms with E-state index in [9.17, 15) is 8.78 Å². The molecule has 0 aliphatic rings. The Hall–Kier alpha value is -0.480. The van der Waals surface area contributed by atoms with E-state index in [4.69, 9.17) is 4.74 Å². The zero-order valence-corrected chi connectivity index (χ0v) is 9.23. The van der Waals surface area contributed by atoms with Crippen molar-refractivity contribution >= 4 is 0 Å². The highest BCUT2D eigenvalue weighted by Crippen LogP contribution is 2.13. The molecule has 0 fully saturated rings. The Labute approximate surface area is 84.3 Å². The van der Waals surface area contributed by atoms with Crippen molar-refractivity contribution in [1.82, 2.24) is 5.32 Å². The highest BCUT2D eigenvalue weighted by atomic mass is 19.3. The van der Waals surface area contributed by atoms with Gasteiger partial charge in [-0.2, -0.15) is 0 Å². The molecule has 0 bridgehead atoms. The maximum atomic E-state index is 12.3. The minimum absolute atomic E-state index is 0.206. The molecule has 0 aromatic carbocycles. The Morgan fingerprint density at radius 2 is 1.86 bits per heavy atom. The fraction of sp³-hybridized carbons (Fsp3) is 0.800. The van der Waals surface area contributed by atoms with Crippen molar-refractivity contribution < 1.29 is 13.5 Å². The molecular weight excluding hydrogens is 188 g/mol. The van der Waals surface area contributed by atoms with Gasteiger partial charge in [0.1, 0.15) is 0 Å². The van der Waals surface area contributed by atoms with Crippen LogP contribution in [0.2, 0.25) is 0 Å². The highest BCUT2D eigenvalue weighted by molar-refractivity contribution is 4.92. The largest absolute Gasteiger partial charge is 0.370 e. The molecule has 14 heavy (non-hydrogen) atoms. The summed E-state index contributed by atoms with van der Waals surface area (Å²) in [5.41, 5.74) is -0.331. The summed E-state index contributed by atoms with van der Waals surface area (Å²) < 4.78 is 30.1. The van der Waals surface area contributed by atoms with Gasteiger partial charge >= 0.3 is 0 Å². The smallest absolute Gasteiger partial charge is 0.263 e. The van der Waals surface area contributed by atoms with Crippen LogP contribution in [-0.2, 0) is 4.74 Å². The number of allylic oxidation sites excluding steroid dienone is 1. The van der Waals surface area contributed by atoms with Crippen LogP contribution in [0.25, 0.3) is 0 Å². The van der Waals surface area contributed by atoms with E-state index >= 15 is 0 Å². The number of likely N-dealkylation sites (N-methyl/N-ethyl adjacent to an activating group) is 1. The van der Waals surface area contributed by atoms with Gasteiger partial charge in [0.15, 0.2) is 0 Å². The predicted octanol–water partition coefficient (Wildman–Crippen LogP) is 2.21. The van der Waals surface area contributed by atoms with Gasteiger partial charge in [0.05, 0.1) is 12.2 Å². The summed E-state index contributed by atoms with van der Waals surface area (Å²) >= 11 is 0. The zero-order chi connectivity index (χ0) is 11.2. The standard InChI is InChI=1S/C10H19F2NO/c1-9(2,8-13-4)14-7-5-6-10(3,11)12/h5-6,13H,7-8H2,1-4H3/b6-5+. The third kappa shape index (κ3) is 8.13. The molecule has 0 aromatic rings. The summed E-state index contributed by atoms with van der Waals surface area (Å²) in [6, 6.07) is 0. The average molecular weight is 207 g/mol. The van der Waals surface area contributed by atoms with Crippen LogP contribution in [0.1, 0.15) is 20.8 Å².